The molecule has 0 radical (unpaired) electrons. The van der Waals surface area contributed by atoms with Crippen molar-refractivity contribution in [1.82, 2.24) is 9.88 Å². The Morgan fingerprint density at radius 1 is 1.45 bits per heavy atom. The third-order valence-corrected chi connectivity index (χ3v) is 3.06. The molecule has 1 atom stereocenters. The SMILES string of the molecule is Cc1ccnc(NC(CC(C)C)CN(C)C)c1C(=O)O. The number of nitrogens with one attached hydrogen (secondary N) is 1. The number of aryl methyl sites for hydroxylation is 1. The van der Waals surface area contributed by atoms with E-state index in [2.05, 4.69) is 29.0 Å². The van der Waals surface area contributed by atoms with Gasteiger partial charge in [-0.05, 0) is 45.0 Å². The Morgan fingerprint density at radius 2 is 2.10 bits per heavy atom. The normalized spacial score (nSPS) is 12.8. The van der Waals surface area contributed by atoms with Gasteiger partial charge in [-0.2, -0.15) is 0 Å². The van der Waals surface area contributed by atoms with Crippen LogP contribution in [0.2, 0.25) is 0 Å². The number of anilines is 1. The van der Waals surface area contributed by atoms with Gasteiger partial charge in [0, 0.05) is 18.8 Å². The van der Waals surface area contributed by atoms with Gasteiger partial charge in [0.1, 0.15) is 11.4 Å². The van der Waals surface area contributed by atoms with Gasteiger partial charge in [-0.25, -0.2) is 9.78 Å². The Labute approximate surface area is 121 Å². The standard InChI is InChI=1S/C15H25N3O2/c1-10(2)8-12(9-18(4)5)17-14-13(15(19)20)11(3)6-7-16-14/h6-7,10,12H,8-9H2,1-5H3,(H,16,17)(H,19,20). The molecule has 0 bridgehead atoms. The lowest BCUT2D eigenvalue weighted by Crippen LogP contribution is -2.34. The van der Waals surface area contributed by atoms with Crippen LogP contribution in [0.25, 0.3) is 0 Å². The predicted molar refractivity (Wildman–Crippen MR) is 81.4 cm³/mol. The number of aromatic nitrogens is 1. The van der Waals surface area contributed by atoms with E-state index in [-0.39, 0.29) is 11.6 Å². The molecule has 1 heterocycles. The van der Waals surface area contributed by atoms with Crippen LogP contribution in [0.1, 0.15) is 36.2 Å². The molecule has 2 N–H and O–H groups in total. The highest BCUT2D eigenvalue weighted by Gasteiger charge is 2.19. The molecule has 1 aromatic rings. The van der Waals surface area contributed by atoms with Crippen molar-refractivity contribution in [3.05, 3.63) is 23.4 Å². The smallest absolute Gasteiger partial charge is 0.339 e. The number of likely N-dealkylation sites (N-methyl/N-ethyl adjacent to an activating group) is 1. The van der Waals surface area contributed by atoms with Gasteiger partial charge < -0.3 is 15.3 Å². The maximum atomic E-state index is 11.4. The van der Waals surface area contributed by atoms with Gasteiger partial charge in [0.15, 0.2) is 0 Å². The van der Waals surface area contributed by atoms with Crippen molar-refractivity contribution in [1.29, 1.82) is 0 Å². The zero-order valence-electron chi connectivity index (χ0n) is 13.0. The van der Waals surface area contributed by atoms with E-state index < -0.39 is 5.97 Å². The Balaban J connectivity index is 2.98. The second kappa shape index (κ2) is 7.24. The summed E-state index contributed by atoms with van der Waals surface area (Å²) in [6.45, 7) is 6.95. The number of pyridine rings is 1. The largest absolute Gasteiger partial charge is 0.478 e. The summed E-state index contributed by atoms with van der Waals surface area (Å²) in [5, 5.41) is 12.6. The summed E-state index contributed by atoms with van der Waals surface area (Å²) >= 11 is 0. The highest BCUT2D eigenvalue weighted by Crippen LogP contribution is 2.19. The van der Waals surface area contributed by atoms with Gasteiger partial charge >= 0.3 is 5.97 Å². The van der Waals surface area contributed by atoms with Crippen molar-refractivity contribution in [2.45, 2.75) is 33.2 Å². The summed E-state index contributed by atoms with van der Waals surface area (Å²) in [6.07, 6.45) is 2.61. The van der Waals surface area contributed by atoms with Crippen molar-refractivity contribution >= 4 is 11.8 Å². The average molecular weight is 279 g/mol. The molecular weight excluding hydrogens is 254 g/mol. The van der Waals surface area contributed by atoms with Crippen LogP contribution in [0, 0.1) is 12.8 Å². The molecule has 0 aliphatic rings. The van der Waals surface area contributed by atoms with Crippen molar-refractivity contribution in [2.75, 3.05) is 26.0 Å². The van der Waals surface area contributed by atoms with Crippen molar-refractivity contribution < 1.29 is 9.90 Å². The molecule has 0 saturated heterocycles. The minimum atomic E-state index is -0.939. The lowest BCUT2D eigenvalue weighted by Gasteiger charge is -2.25. The van der Waals surface area contributed by atoms with Crippen LogP contribution in [0.3, 0.4) is 0 Å². The monoisotopic (exact) mass is 279 g/mol. The van der Waals surface area contributed by atoms with E-state index >= 15 is 0 Å². The molecule has 112 valence electrons. The molecule has 0 saturated carbocycles. The van der Waals surface area contributed by atoms with E-state index in [1.165, 1.54) is 0 Å². The van der Waals surface area contributed by atoms with Gasteiger partial charge in [-0.3, -0.25) is 0 Å². The molecule has 0 aromatic carbocycles. The van der Waals surface area contributed by atoms with Crippen LogP contribution in [0.5, 0.6) is 0 Å². The first kappa shape index (κ1) is 16.4. The quantitative estimate of drug-likeness (QED) is 0.802. The van der Waals surface area contributed by atoms with Gasteiger partial charge in [-0.15, -0.1) is 0 Å². The van der Waals surface area contributed by atoms with Crippen LogP contribution in [-0.4, -0.2) is 47.6 Å². The summed E-state index contributed by atoms with van der Waals surface area (Å²) < 4.78 is 0. The molecule has 0 amide bonds. The van der Waals surface area contributed by atoms with E-state index in [1.807, 2.05) is 14.1 Å². The summed E-state index contributed by atoms with van der Waals surface area (Å²) in [7, 11) is 4.02. The summed E-state index contributed by atoms with van der Waals surface area (Å²) in [4.78, 5) is 17.7. The summed E-state index contributed by atoms with van der Waals surface area (Å²) in [5.74, 6) is 0.0572. The van der Waals surface area contributed by atoms with Gasteiger partial charge in [0.25, 0.3) is 0 Å². The first-order valence-electron chi connectivity index (χ1n) is 6.91. The maximum Gasteiger partial charge on any atom is 0.339 e. The Bertz CT molecular complexity index is 448. The van der Waals surface area contributed by atoms with E-state index in [1.54, 1.807) is 19.2 Å². The molecule has 0 aliphatic carbocycles. The fourth-order valence-corrected chi connectivity index (χ4v) is 2.32. The van der Waals surface area contributed by atoms with Crippen LogP contribution < -0.4 is 5.32 Å². The average Bonchev–Trinajstić information content (AvgIpc) is 2.26. The molecule has 0 aliphatic heterocycles. The zero-order valence-corrected chi connectivity index (χ0v) is 13.0. The van der Waals surface area contributed by atoms with Gasteiger partial charge in [0.2, 0.25) is 0 Å². The molecule has 1 rings (SSSR count). The Morgan fingerprint density at radius 3 is 2.60 bits per heavy atom. The fourth-order valence-electron chi connectivity index (χ4n) is 2.32. The summed E-state index contributed by atoms with van der Waals surface area (Å²) in [6, 6.07) is 1.90. The second-order valence-corrected chi connectivity index (χ2v) is 5.89. The number of hydrogen-bond donors (Lipinski definition) is 2. The molecule has 1 aromatic heterocycles. The van der Waals surface area contributed by atoms with Crippen molar-refractivity contribution in [2.24, 2.45) is 5.92 Å². The Hall–Kier alpha value is -1.62. The number of carboxylic acids is 1. The number of carbonyl (C=O) groups is 1. The Kier molecular flexibility index (Phi) is 5.95. The number of aromatic carboxylic acids is 1. The number of rotatable bonds is 7. The first-order valence-corrected chi connectivity index (χ1v) is 6.91. The van der Waals surface area contributed by atoms with Crippen LogP contribution in [0.15, 0.2) is 12.3 Å². The fraction of sp³-hybridized carbons (Fsp3) is 0.600. The minimum absolute atomic E-state index is 0.178. The number of carboxylic acid groups (broad SMARTS) is 1. The third kappa shape index (κ3) is 4.81. The number of nitrogens with zero attached hydrogens (tertiary/aromatic N) is 2. The predicted octanol–water partition coefficient (Wildman–Crippen LogP) is 2.48. The van der Waals surface area contributed by atoms with Crippen molar-refractivity contribution in [3.63, 3.8) is 0 Å². The van der Waals surface area contributed by atoms with E-state index in [9.17, 15) is 9.90 Å². The molecule has 0 fully saturated rings. The molecule has 1 unspecified atom stereocenters. The molecule has 0 spiro atoms. The van der Waals surface area contributed by atoms with E-state index in [0.29, 0.717) is 11.7 Å². The molecule has 20 heavy (non-hydrogen) atoms. The lowest BCUT2D eigenvalue weighted by molar-refractivity contribution is 0.0696. The number of hydrogen-bond acceptors (Lipinski definition) is 4. The van der Waals surface area contributed by atoms with E-state index in [0.717, 1.165) is 18.5 Å². The molecule has 5 nitrogen and oxygen atoms in total. The maximum absolute atomic E-state index is 11.4. The molecular formula is C15H25N3O2. The second-order valence-electron chi connectivity index (χ2n) is 5.89. The van der Waals surface area contributed by atoms with Crippen LogP contribution in [0.4, 0.5) is 5.82 Å². The third-order valence-electron chi connectivity index (χ3n) is 3.06. The first-order chi connectivity index (χ1) is 9.31. The molecule has 5 heteroatoms. The van der Waals surface area contributed by atoms with Crippen LogP contribution in [-0.2, 0) is 0 Å². The van der Waals surface area contributed by atoms with Crippen LogP contribution >= 0.6 is 0 Å². The van der Waals surface area contributed by atoms with E-state index in [4.69, 9.17) is 0 Å². The highest BCUT2D eigenvalue weighted by molar-refractivity contribution is 5.94. The zero-order chi connectivity index (χ0) is 15.3. The van der Waals surface area contributed by atoms with Crippen molar-refractivity contribution in [3.8, 4) is 0 Å². The lowest BCUT2D eigenvalue weighted by atomic mass is 10.0. The summed E-state index contributed by atoms with van der Waals surface area (Å²) in [5.41, 5.74) is 0.989. The minimum Gasteiger partial charge on any atom is -0.478 e. The topological polar surface area (TPSA) is 65.5 Å². The van der Waals surface area contributed by atoms with Gasteiger partial charge in [0.05, 0.1) is 0 Å². The van der Waals surface area contributed by atoms with Gasteiger partial charge in [-0.1, -0.05) is 13.8 Å². The highest BCUT2D eigenvalue weighted by atomic mass is 16.4.